The highest BCUT2D eigenvalue weighted by Gasteiger charge is 2.38. The summed E-state index contributed by atoms with van der Waals surface area (Å²) in [6.45, 7) is 6.60. The number of rotatable bonds is 3. The van der Waals surface area contributed by atoms with Gasteiger partial charge in [-0.3, -0.25) is 0 Å². The molecular weight excluding hydrogens is 384 g/mol. The Morgan fingerprint density at radius 1 is 1.44 bits per heavy atom. The maximum absolute atomic E-state index is 12.2. The van der Waals surface area contributed by atoms with Crippen LogP contribution in [0.2, 0.25) is 0 Å². The lowest BCUT2D eigenvalue weighted by atomic mass is 9.76. The van der Waals surface area contributed by atoms with Crippen LogP contribution >= 0.6 is 15.9 Å². The van der Waals surface area contributed by atoms with Gasteiger partial charge < -0.3 is 15.0 Å². The summed E-state index contributed by atoms with van der Waals surface area (Å²) in [6, 6.07) is 6.30. The zero-order valence-electron chi connectivity index (χ0n) is 15.2. The Kier molecular flexibility index (Phi) is 5.94. The van der Waals surface area contributed by atoms with Crippen molar-refractivity contribution >= 4 is 27.8 Å². The van der Waals surface area contributed by atoms with Gasteiger partial charge in [0.1, 0.15) is 11.4 Å². The number of amides is 1. The number of hydrogen-bond donors (Lipinski definition) is 1. The third-order valence-electron chi connectivity index (χ3n) is 4.29. The fourth-order valence-electron chi connectivity index (χ4n) is 2.84. The third kappa shape index (κ3) is 5.08. The molecule has 1 N–H and O–H groups in total. The first-order chi connectivity index (χ1) is 11.7. The molecule has 2 rings (SSSR count). The van der Waals surface area contributed by atoms with E-state index in [-0.39, 0.29) is 6.09 Å². The van der Waals surface area contributed by atoms with Crippen LogP contribution in [0.4, 0.5) is 10.6 Å². The number of nitriles is 1. The van der Waals surface area contributed by atoms with E-state index in [1.54, 1.807) is 4.90 Å². The van der Waals surface area contributed by atoms with Crippen molar-refractivity contribution in [1.82, 2.24) is 9.88 Å². The number of nitrogens with zero attached hydrogens (tertiary/aromatic N) is 3. The Labute approximate surface area is 157 Å². The first-order valence-electron chi connectivity index (χ1n) is 8.40. The van der Waals surface area contributed by atoms with E-state index < -0.39 is 11.0 Å². The number of anilines is 1. The minimum atomic E-state index is -0.513. The van der Waals surface area contributed by atoms with E-state index in [1.165, 1.54) is 0 Å². The Hall–Kier alpha value is -1.81. The summed E-state index contributed by atoms with van der Waals surface area (Å²) in [4.78, 5) is 18.5. The lowest BCUT2D eigenvalue weighted by Crippen LogP contribution is -2.45. The number of likely N-dealkylation sites (tertiary alicyclic amines) is 1. The molecule has 0 aliphatic carbocycles. The molecule has 7 heteroatoms. The summed E-state index contributed by atoms with van der Waals surface area (Å²) in [6.07, 6.45) is 1.47. The molecule has 136 valence electrons. The zero-order chi connectivity index (χ0) is 18.7. The van der Waals surface area contributed by atoms with Crippen LogP contribution in [-0.2, 0) is 11.2 Å². The fraction of sp³-hybridized carbons (Fsp3) is 0.611. The fourth-order valence-corrected chi connectivity index (χ4v) is 3.20. The minimum Gasteiger partial charge on any atom is -0.444 e. The number of pyridine rings is 1. The zero-order valence-corrected chi connectivity index (χ0v) is 16.8. The number of halogens is 1. The van der Waals surface area contributed by atoms with E-state index >= 15 is 0 Å². The Balaban J connectivity index is 2.07. The van der Waals surface area contributed by atoms with Crippen LogP contribution in [0.5, 0.6) is 0 Å². The largest absolute Gasteiger partial charge is 0.444 e. The molecule has 1 fully saturated rings. The molecular formula is C18H25BrN4O2. The van der Waals surface area contributed by atoms with Crippen LogP contribution < -0.4 is 5.32 Å². The monoisotopic (exact) mass is 408 g/mol. The van der Waals surface area contributed by atoms with E-state index in [1.807, 2.05) is 40.0 Å². The van der Waals surface area contributed by atoms with Crippen molar-refractivity contribution < 1.29 is 9.53 Å². The number of ether oxygens (including phenoxy) is 1. The molecule has 0 unspecified atom stereocenters. The minimum absolute atomic E-state index is 0.310. The normalized spacial score (nSPS) is 16.9. The van der Waals surface area contributed by atoms with Crippen molar-refractivity contribution in [2.45, 2.75) is 45.6 Å². The third-order valence-corrected chi connectivity index (χ3v) is 5.01. The lowest BCUT2D eigenvalue weighted by Gasteiger charge is -2.37. The molecule has 1 aliphatic heterocycles. The van der Waals surface area contributed by atoms with E-state index in [2.05, 4.69) is 32.3 Å². The van der Waals surface area contributed by atoms with Crippen LogP contribution in [0.3, 0.4) is 0 Å². The summed E-state index contributed by atoms with van der Waals surface area (Å²) in [5.74, 6) is 0.775. The Morgan fingerprint density at radius 3 is 2.60 bits per heavy atom. The highest BCUT2D eigenvalue weighted by atomic mass is 79.9. The number of piperidine rings is 1. The van der Waals surface area contributed by atoms with Gasteiger partial charge in [-0.05, 0) is 61.7 Å². The van der Waals surface area contributed by atoms with Gasteiger partial charge in [-0.15, -0.1) is 0 Å². The van der Waals surface area contributed by atoms with Crippen molar-refractivity contribution in [3.8, 4) is 6.07 Å². The molecule has 1 aliphatic rings. The van der Waals surface area contributed by atoms with Gasteiger partial charge in [0.15, 0.2) is 0 Å². The average molecular weight is 409 g/mol. The Morgan fingerprint density at radius 2 is 2.08 bits per heavy atom. The van der Waals surface area contributed by atoms with Gasteiger partial charge in [0.25, 0.3) is 0 Å². The molecule has 1 aromatic heterocycles. The number of aromatic nitrogens is 1. The molecule has 1 amide bonds. The second-order valence-electron chi connectivity index (χ2n) is 7.41. The first-order valence-corrected chi connectivity index (χ1v) is 9.20. The van der Waals surface area contributed by atoms with Crippen LogP contribution in [0, 0.1) is 16.7 Å². The van der Waals surface area contributed by atoms with Crippen molar-refractivity contribution in [3.63, 3.8) is 0 Å². The van der Waals surface area contributed by atoms with Crippen molar-refractivity contribution in [2.24, 2.45) is 5.41 Å². The first kappa shape index (κ1) is 19.5. The molecule has 6 nitrogen and oxygen atoms in total. The van der Waals surface area contributed by atoms with Crippen LogP contribution in [0.1, 0.15) is 39.3 Å². The highest BCUT2D eigenvalue weighted by molar-refractivity contribution is 9.10. The number of nitrogens with one attached hydrogen (secondary N) is 1. The van der Waals surface area contributed by atoms with Crippen molar-refractivity contribution in [3.05, 3.63) is 22.3 Å². The summed E-state index contributed by atoms with van der Waals surface area (Å²) in [5, 5.41) is 12.8. The molecule has 0 atom stereocenters. The standard InChI is InChI=1S/C18H25BrN4O2/c1-17(2,3)25-16(24)23-9-7-18(12-20,8-10-23)11-14-13(19)5-6-15(21-4)22-14/h5-6H,7-11H2,1-4H3,(H,21,22). The van der Waals surface area contributed by atoms with E-state index in [4.69, 9.17) is 4.74 Å². The van der Waals surface area contributed by atoms with Gasteiger partial charge >= 0.3 is 6.09 Å². The quantitative estimate of drug-likeness (QED) is 0.818. The highest BCUT2D eigenvalue weighted by Crippen LogP contribution is 2.36. The van der Waals surface area contributed by atoms with Gasteiger partial charge in [0.05, 0.1) is 17.2 Å². The van der Waals surface area contributed by atoms with Gasteiger partial charge in [0, 0.05) is 31.0 Å². The summed E-state index contributed by atoms with van der Waals surface area (Å²) < 4.78 is 6.32. The summed E-state index contributed by atoms with van der Waals surface area (Å²) in [5.41, 5.74) is -0.164. The smallest absolute Gasteiger partial charge is 0.410 e. The molecule has 0 radical (unpaired) electrons. The van der Waals surface area contributed by atoms with E-state index in [9.17, 15) is 10.1 Å². The second kappa shape index (κ2) is 7.61. The maximum Gasteiger partial charge on any atom is 0.410 e. The van der Waals surface area contributed by atoms with Crippen molar-refractivity contribution in [2.75, 3.05) is 25.5 Å². The molecule has 0 bridgehead atoms. The van der Waals surface area contributed by atoms with Crippen LogP contribution in [0.15, 0.2) is 16.6 Å². The second-order valence-corrected chi connectivity index (χ2v) is 8.27. The predicted octanol–water partition coefficient (Wildman–Crippen LogP) is 3.97. The molecule has 0 saturated carbocycles. The average Bonchev–Trinajstić information content (AvgIpc) is 2.56. The molecule has 2 heterocycles. The van der Waals surface area contributed by atoms with E-state index in [0.29, 0.717) is 32.4 Å². The van der Waals surface area contributed by atoms with Crippen molar-refractivity contribution in [1.29, 1.82) is 5.26 Å². The topological polar surface area (TPSA) is 78.2 Å². The predicted molar refractivity (Wildman–Crippen MR) is 100 cm³/mol. The summed E-state index contributed by atoms with van der Waals surface area (Å²) >= 11 is 3.52. The van der Waals surface area contributed by atoms with Crippen LogP contribution in [-0.4, -0.2) is 41.7 Å². The van der Waals surface area contributed by atoms with Gasteiger partial charge in [0.2, 0.25) is 0 Å². The SMILES string of the molecule is CNc1ccc(Br)c(CC2(C#N)CCN(C(=O)OC(C)(C)C)CC2)n1. The van der Waals surface area contributed by atoms with Crippen LogP contribution in [0.25, 0.3) is 0 Å². The molecule has 0 aromatic carbocycles. The molecule has 0 spiro atoms. The van der Waals surface area contributed by atoms with Gasteiger partial charge in [-0.25, -0.2) is 9.78 Å². The summed E-state index contributed by atoms with van der Waals surface area (Å²) in [7, 11) is 1.82. The number of hydrogen-bond acceptors (Lipinski definition) is 5. The lowest BCUT2D eigenvalue weighted by molar-refractivity contribution is 0.0148. The molecule has 1 aromatic rings. The maximum atomic E-state index is 12.2. The van der Waals surface area contributed by atoms with Gasteiger partial charge in [-0.1, -0.05) is 0 Å². The number of carbonyl (C=O) groups excluding carboxylic acids is 1. The Bertz CT molecular complexity index is 671. The molecule has 1 saturated heterocycles. The molecule has 25 heavy (non-hydrogen) atoms. The van der Waals surface area contributed by atoms with E-state index in [0.717, 1.165) is 16.0 Å². The van der Waals surface area contributed by atoms with Gasteiger partial charge in [-0.2, -0.15) is 5.26 Å². The number of carbonyl (C=O) groups is 1.